The molecule has 0 aliphatic carbocycles. The van der Waals surface area contributed by atoms with Gasteiger partial charge in [-0.05, 0) is 6.42 Å². The Morgan fingerprint density at radius 1 is 1.36 bits per heavy atom. The standard InChI is InChI=1S/C10H18IN3/c1-2-3-4-5-8-14-9-10(6-7-11)12-13-14/h9H,2-8H2,1H3. The monoisotopic (exact) mass is 307 g/mol. The molecule has 0 saturated carbocycles. The fourth-order valence-corrected chi connectivity index (χ4v) is 1.91. The van der Waals surface area contributed by atoms with Crippen LogP contribution in [0.2, 0.25) is 0 Å². The van der Waals surface area contributed by atoms with Crippen LogP contribution in [-0.2, 0) is 13.0 Å². The van der Waals surface area contributed by atoms with Gasteiger partial charge in [0.1, 0.15) is 0 Å². The zero-order chi connectivity index (χ0) is 10.2. The summed E-state index contributed by atoms with van der Waals surface area (Å²) >= 11 is 2.36. The van der Waals surface area contributed by atoms with Crippen LogP contribution in [0.25, 0.3) is 0 Å². The van der Waals surface area contributed by atoms with E-state index in [1.54, 1.807) is 0 Å². The maximum absolute atomic E-state index is 4.11. The van der Waals surface area contributed by atoms with Crippen LogP contribution >= 0.6 is 22.6 Å². The largest absolute Gasteiger partial charge is 0.252 e. The number of alkyl halides is 1. The lowest BCUT2D eigenvalue weighted by Gasteiger charge is -1.98. The molecule has 1 rings (SSSR count). The summed E-state index contributed by atoms with van der Waals surface area (Å²) in [5.74, 6) is 0. The number of unbranched alkanes of at least 4 members (excludes halogenated alkanes) is 3. The number of rotatable bonds is 7. The molecule has 0 aliphatic heterocycles. The molecular weight excluding hydrogens is 289 g/mol. The number of halogens is 1. The first kappa shape index (κ1) is 11.9. The molecule has 0 bridgehead atoms. The highest BCUT2D eigenvalue weighted by Crippen LogP contribution is 2.02. The molecule has 0 spiro atoms. The van der Waals surface area contributed by atoms with E-state index in [1.807, 2.05) is 4.68 Å². The van der Waals surface area contributed by atoms with Crippen molar-refractivity contribution >= 4 is 22.6 Å². The Morgan fingerprint density at radius 3 is 2.93 bits per heavy atom. The van der Waals surface area contributed by atoms with Gasteiger partial charge in [0.05, 0.1) is 5.69 Å². The quantitative estimate of drug-likeness (QED) is 0.440. The average molecular weight is 307 g/mol. The highest BCUT2D eigenvalue weighted by Gasteiger charge is 1.98. The van der Waals surface area contributed by atoms with Gasteiger partial charge in [0.15, 0.2) is 0 Å². The van der Waals surface area contributed by atoms with Crippen LogP contribution in [0, 0.1) is 0 Å². The van der Waals surface area contributed by atoms with Crippen molar-refractivity contribution in [3.63, 3.8) is 0 Å². The second kappa shape index (κ2) is 7.20. The van der Waals surface area contributed by atoms with E-state index in [-0.39, 0.29) is 0 Å². The van der Waals surface area contributed by atoms with Crippen LogP contribution in [0.1, 0.15) is 38.3 Å². The van der Waals surface area contributed by atoms with Crippen LogP contribution < -0.4 is 0 Å². The van der Waals surface area contributed by atoms with Crippen molar-refractivity contribution in [1.82, 2.24) is 15.0 Å². The minimum atomic E-state index is 1.02. The predicted octanol–water partition coefficient (Wildman–Crippen LogP) is 2.84. The summed E-state index contributed by atoms with van der Waals surface area (Å²) in [6, 6.07) is 0. The Labute approximate surface area is 99.4 Å². The minimum Gasteiger partial charge on any atom is -0.252 e. The maximum atomic E-state index is 4.11. The van der Waals surface area contributed by atoms with Gasteiger partial charge in [-0.15, -0.1) is 5.10 Å². The molecule has 0 atom stereocenters. The van der Waals surface area contributed by atoms with Gasteiger partial charge >= 0.3 is 0 Å². The second-order valence-electron chi connectivity index (χ2n) is 3.47. The van der Waals surface area contributed by atoms with Gasteiger partial charge in [-0.1, -0.05) is 54.0 Å². The zero-order valence-electron chi connectivity index (χ0n) is 8.75. The van der Waals surface area contributed by atoms with Crippen molar-refractivity contribution < 1.29 is 0 Å². The molecule has 1 aromatic heterocycles. The molecule has 1 aromatic rings. The molecule has 0 aliphatic rings. The van der Waals surface area contributed by atoms with Crippen molar-refractivity contribution in [1.29, 1.82) is 0 Å². The molecule has 1 heterocycles. The van der Waals surface area contributed by atoms with Gasteiger partial charge in [-0.3, -0.25) is 4.68 Å². The summed E-state index contributed by atoms with van der Waals surface area (Å²) in [4.78, 5) is 0. The second-order valence-corrected chi connectivity index (χ2v) is 4.55. The molecule has 4 heteroatoms. The molecule has 0 fully saturated rings. The Balaban J connectivity index is 2.22. The molecule has 14 heavy (non-hydrogen) atoms. The molecule has 0 unspecified atom stereocenters. The Hall–Kier alpha value is -0.130. The first-order valence-electron chi connectivity index (χ1n) is 5.31. The van der Waals surface area contributed by atoms with Gasteiger partial charge in [0, 0.05) is 23.6 Å². The van der Waals surface area contributed by atoms with Crippen LogP contribution in [0.4, 0.5) is 0 Å². The zero-order valence-corrected chi connectivity index (χ0v) is 10.9. The highest BCUT2D eigenvalue weighted by atomic mass is 127. The van der Waals surface area contributed by atoms with Crippen molar-refractivity contribution in [3.05, 3.63) is 11.9 Å². The topological polar surface area (TPSA) is 30.7 Å². The van der Waals surface area contributed by atoms with E-state index >= 15 is 0 Å². The van der Waals surface area contributed by atoms with Gasteiger partial charge in [-0.2, -0.15) is 0 Å². The summed E-state index contributed by atoms with van der Waals surface area (Å²) in [6.45, 7) is 3.25. The molecule has 0 N–H and O–H groups in total. The molecule has 3 nitrogen and oxygen atoms in total. The lowest BCUT2D eigenvalue weighted by Crippen LogP contribution is -1.98. The van der Waals surface area contributed by atoms with E-state index in [1.165, 1.54) is 25.7 Å². The first-order chi connectivity index (χ1) is 6.86. The first-order valence-corrected chi connectivity index (χ1v) is 6.84. The van der Waals surface area contributed by atoms with E-state index < -0.39 is 0 Å². The normalized spacial score (nSPS) is 10.7. The number of hydrogen-bond acceptors (Lipinski definition) is 2. The molecule has 0 radical (unpaired) electrons. The summed E-state index contributed by atoms with van der Waals surface area (Å²) in [5, 5.41) is 8.21. The van der Waals surface area contributed by atoms with Crippen LogP contribution in [0.5, 0.6) is 0 Å². The van der Waals surface area contributed by atoms with Crippen LogP contribution in [0.15, 0.2) is 6.20 Å². The van der Waals surface area contributed by atoms with E-state index in [9.17, 15) is 0 Å². The van der Waals surface area contributed by atoms with E-state index in [4.69, 9.17) is 0 Å². The van der Waals surface area contributed by atoms with Crippen molar-refractivity contribution in [2.45, 2.75) is 45.6 Å². The third kappa shape index (κ3) is 4.39. The Bertz CT molecular complexity index is 247. The van der Waals surface area contributed by atoms with E-state index in [0.29, 0.717) is 0 Å². The highest BCUT2D eigenvalue weighted by molar-refractivity contribution is 14.1. The number of nitrogens with zero attached hydrogens (tertiary/aromatic N) is 3. The summed E-state index contributed by atoms with van der Waals surface area (Å²) in [6.07, 6.45) is 8.26. The van der Waals surface area contributed by atoms with Crippen molar-refractivity contribution in [2.75, 3.05) is 4.43 Å². The Morgan fingerprint density at radius 2 is 2.21 bits per heavy atom. The molecule has 0 saturated heterocycles. The lowest BCUT2D eigenvalue weighted by molar-refractivity contribution is 0.527. The third-order valence-corrected chi connectivity index (χ3v) is 2.72. The van der Waals surface area contributed by atoms with Gasteiger partial charge in [0.2, 0.25) is 0 Å². The van der Waals surface area contributed by atoms with E-state index in [0.717, 1.165) is 23.1 Å². The van der Waals surface area contributed by atoms with Crippen molar-refractivity contribution in [2.24, 2.45) is 0 Å². The third-order valence-electron chi connectivity index (χ3n) is 2.18. The van der Waals surface area contributed by atoms with Crippen LogP contribution in [-0.4, -0.2) is 19.4 Å². The molecule has 0 aromatic carbocycles. The summed E-state index contributed by atoms with van der Waals surface area (Å²) < 4.78 is 3.09. The molecule has 0 amide bonds. The van der Waals surface area contributed by atoms with Crippen molar-refractivity contribution in [3.8, 4) is 0 Å². The van der Waals surface area contributed by atoms with Crippen LogP contribution in [0.3, 0.4) is 0 Å². The van der Waals surface area contributed by atoms with Gasteiger partial charge < -0.3 is 0 Å². The fraction of sp³-hybridized carbons (Fsp3) is 0.800. The number of aryl methyl sites for hydroxylation is 2. The summed E-state index contributed by atoms with van der Waals surface area (Å²) in [5.41, 5.74) is 1.12. The smallest absolute Gasteiger partial charge is 0.0834 e. The molecule has 80 valence electrons. The lowest BCUT2D eigenvalue weighted by atomic mass is 10.2. The molecular formula is C10H18IN3. The predicted molar refractivity (Wildman–Crippen MR) is 66.8 cm³/mol. The summed E-state index contributed by atoms with van der Waals surface area (Å²) in [7, 11) is 0. The number of aromatic nitrogens is 3. The minimum absolute atomic E-state index is 1.02. The Kier molecular flexibility index (Phi) is 6.14. The SMILES string of the molecule is CCCCCCn1cc(CCI)nn1. The maximum Gasteiger partial charge on any atom is 0.0834 e. The average Bonchev–Trinajstić information content (AvgIpc) is 2.61. The van der Waals surface area contributed by atoms with Gasteiger partial charge in [0.25, 0.3) is 0 Å². The number of hydrogen-bond donors (Lipinski definition) is 0. The van der Waals surface area contributed by atoms with E-state index in [2.05, 4.69) is 46.0 Å². The fourth-order valence-electron chi connectivity index (χ4n) is 1.36. The van der Waals surface area contributed by atoms with Gasteiger partial charge in [-0.25, -0.2) is 0 Å².